The fraction of sp³-hybridized carbons (Fsp3) is 0.625. The van der Waals surface area contributed by atoms with Crippen molar-refractivity contribution in [1.29, 1.82) is 0 Å². The molecule has 0 spiro atoms. The zero-order chi connectivity index (χ0) is 14.4. The van der Waals surface area contributed by atoms with E-state index in [4.69, 9.17) is 15.2 Å². The zero-order valence-electron chi connectivity index (χ0n) is 12.6. The second-order valence-electron chi connectivity index (χ2n) is 5.55. The Morgan fingerprint density at radius 2 is 2.20 bits per heavy atom. The van der Waals surface area contributed by atoms with E-state index in [0.29, 0.717) is 12.5 Å². The molecule has 1 aromatic carbocycles. The summed E-state index contributed by atoms with van der Waals surface area (Å²) in [6.07, 6.45) is 2.54. The smallest absolute Gasteiger partial charge is 0.123 e. The highest BCUT2D eigenvalue weighted by Gasteiger charge is 2.19. The second kappa shape index (κ2) is 7.62. The summed E-state index contributed by atoms with van der Waals surface area (Å²) < 4.78 is 10.6. The van der Waals surface area contributed by atoms with E-state index >= 15 is 0 Å². The van der Waals surface area contributed by atoms with Crippen molar-refractivity contribution in [2.24, 2.45) is 11.7 Å². The van der Waals surface area contributed by atoms with Crippen molar-refractivity contribution >= 4 is 0 Å². The summed E-state index contributed by atoms with van der Waals surface area (Å²) >= 11 is 0. The molecule has 1 fully saturated rings. The minimum atomic E-state index is 0.517. The first-order chi connectivity index (χ1) is 9.76. The van der Waals surface area contributed by atoms with Crippen LogP contribution in [0.1, 0.15) is 24.0 Å². The van der Waals surface area contributed by atoms with Gasteiger partial charge in [0.1, 0.15) is 5.75 Å². The van der Waals surface area contributed by atoms with Crippen molar-refractivity contribution < 1.29 is 9.47 Å². The minimum Gasteiger partial charge on any atom is -0.496 e. The topological polar surface area (TPSA) is 47.7 Å². The van der Waals surface area contributed by atoms with Gasteiger partial charge < -0.3 is 15.2 Å². The van der Waals surface area contributed by atoms with Gasteiger partial charge in [-0.1, -0.05) is 6.07 Å². The molecule has 0 amide bonds. The fourth-order valence-electron chi connectivity index (χ4n) is 3.01. The Morgan fingerprint density at radius 3 is 2.90 bits per heavy atom. The molecule has 1 aliphatic rings. The molecule has 1 heterocycles. The lowest BCUT2D eigenvalue weighted by Crippen LogP contribution is -2.36. The van der Waals surface area contributed by atoms with Gasteiger partial charge in [-0.3, -0.25) is 4.90 Å². The van der Waals surface area contributed by atoms with Crippen molar-refractivity contribution in [1.82, 2.24) is 4.90 Å². The number of nitrogens with zero attached hydrogens (tertiary/aromatic N) is 1. The molecule has 0 saturated carbocycles. The Hall–Kier alpha value is -1.10. The van der Waals surface area contributed by atoms with Crippen LogP contribution in [0, 0.1) is 5.92 Å². The third-order valence-electron chi connectivity index (χ3n) is 3.98. The monoisotopic (exact) mass is 278 g/mol. The van der Waals surface area contributed by atoms with Gasteiger partial charge >= 0.3 is 0 Å². The van der Waals surface area contributed by atoms with Crippen molar-refractivity contribution in [3.63, 3.8) is 0 Å². The van der Waals surface area contributed by atoms with E-state index in [1.165, 1.54) is 24.9 Å². The van der Waals surface area contributed by atoms with Crippen molar-refractivity contribution in [2.75, 3.05) is 33.9 Å². The number of rotatable bonds is 6. The second-order valence-corrected chi connectivity index (χ2v) is 5.55. The molecule has 0 aliphatic carbocycles. The first-order valence-electron chi connectivity index (χ1n) is 7.34. The number of hydrogen-bond donors (Lipinski definition) is 1. The van der Waals surface area contributed by atoms with E-state index in [9.17, 15) is 0 Å². The van der Waals surface area contributed by atoms with Crippen LogP contribution in [-0.2, 0) is 17.8 Å². The normalized spacial score (nSPS) is 20.1. The highest BCUT2D eigenvalue weighted by Crippen LogP contribution is 2.22. The highest BCUT2D eigenvalue weighted by atomic mass is 16.5. The lowest BCUT2D eigenvalue weighted by molar-refractivity contribution is 0.0873. The Labute approximate surface area is 121 Å². The molecule has 0 radical (unpaired) electrons. The largest absolute Gasteiger partial charge is 0.496 e. The van der Waals surface area contributed by atoms with Gasteiger partial charge in [0.25, 0.3) is 0 Å². The van der Waals surface area contributed by atoms with Crippen molar-refractivity contribution in [3.8, 4) is 5.75 Å². The number of hydrogen-bond acceptors (Lipinski definition) is 4. The van der Waals surface area contributed by atoms with E-state index in [1.807, 2.05) is 6.07 Å². The number of methoxy groups -OCH3 is 2. The highest BCUT2D eigenvalue weighted by molar-refractivity contribution is 5.37. The molecule has 1 aliphatic heterocycles. The number of likely N-dealkylation sites (tertiary alicyclic amines) is 1. The van der Waals surface area contributed by atoms with Crippen molar-refractivity contribution in [3.05, 3.63) is 29.3 Å². The summed E-state index contributed by atoms with van der Waals surface area (Å²) in [5.74, 6) is 1.55. The molecule has 4 nitrogen and oxygen atoms in total. The number of nitrogens with two attached hydrogens (primary N) is 1. The predicted octanol–water partition coefficient (Wildman–Crippen LogP) is 2.01. The Balaban J connectivity index is 1.98. The molecule has 0 aromatic heterocycles. The van der Waals surface area contributed by atoms with Gasteiger partial charge in [-0.25, -0.2) is 0 Å². The molecule has 1 atom stereocenters. The standard InChI is InChI=1S/C16H26N2O2/c1-19-12-14-4-3-7-18(11-14)10-13-5-6-16(20-2)15(8-13)9-17/h5-6,8,14H,3-4,7,9-12,17H2,1-2H3. The molecule has 1 saturated heterocycles. The van der Waals surface area contributed by atoms with E-state index in [2.05, 4.69) is 17.0 Å². The average molecular weight is 278 g/mol. The van der Waals surface area contributed by atoms with E-state index in [0.717, 1.165) is 31.0 Å². The Morgan fingerprint density at radius 1 is 1.35 bits per heavy atom. The zero-order valence-corrected chi connectivity index (χ0v) is 12.6. The molecular formula is C16H26N2O2. The molecule has 2 N–H and O–H groups in total. The molecule has 4 heteroatoms. The van der Waals surface area contributed by atoms with Crippen LogP contribution in [0.4, 0.5) is 0 Å². The quantitative estimate of drug-likeness (QED) is 0.865. The lowest BCUT2D eigenvalue weighted by Gasteiger charge is -2.32. The van der Waals surface area contributed by atoms with E-state index in [1.54, 1.807) is 14.2 Å². The minimum absolute atomic E-state index is 0.517. The maximum atomic E-state index is 5.78. The molecule has 20 heavy (non-hydrogen) atoms. The van der Waals surface area contributed by atoms with Gasteiger partial charge in [0.15, 0.2) is 0 Å². The molecule has 1 aromatic rings. The first kappa shape index (κ1) is 15.3. The number of piperidine rings is 1. The summed E-state index contributed by atoms with van der Waals surface area (Å²) in [7, 11) is 3.48. The van der Waals surface area contributed by atoms with Crippen molar-refractivity contribution in [2.45, 2.75) is 25.9 Å². The van der Waals surface area contributed by atoms with Gasteiger partial charge in [-0.15, -0.1) is 0 Å². The van der Waals surface area contributed by atoms with Crippen LogP contribution in [0.2, 0.25) is 0 Å². The van der Waals surface area contributed by atoms with Gasteiger partial charge in [-0.05, 0) is 43.0 Å². The van der Waals surface area contributed by atoms with Gasteiger partial charge in [0, 0.05) is 32.3 Å². The molecule has 1 unspecified atom stereocenters. The van der Waals surface area contributed by atoms with E-state index in [-0.39, 0.29) is 0 Å². The van der Waals surface area contributed by atoms with Crippen LogP contribution in [0.25, 0.3) is 0 Å². The lowest BCUT2D eigenvalue weighted by atomic mass is 9.98. The first-order valence-corrected chi connectivity index (χ1v) is 7.34. The van der Waals surface area contributed by atoms with E-state index < -0.39 is 0 Å². The molecule has 0 bridgehead atoms. The fourth-order valence-corrected chi connectivity index (χ4v) is 3.01. The van der Waals surface area contributed by atoms with Gasteiger partial charge in [-0.2, -0.15) is 0 Å². The molecule has 2 rings (SSSR count). The van der Waals surface area contributed by atoms with Crippen LogP contribution < -0.4 is 10.5 Å². The van der Waals surface area contributed by atoms with Crippen LogP contribution in [0.3, 0.4) is 0 Å². The Bertz CT molecular complexity index is 421. The summed E-state index contributed by atoms with van der Waals surface area (Å²) in [6.45, 7) is 4.66. The van der Waals surface area contributed by atoms with Gasteiger partial charge in [0.05, 0.1) is 13.7 Å². The number of ether oxygens (including phenoxy) is 2. The third kappa shape index (κ3) is 3.95. The summed E-state index contributed by atoms with van der Waals surface area (Å²) in [5, 5.41) is 0. The number of benzene rings is 1. The molecule has 112 valence electrons. The van der Waals surface area contributed by atoms with Gasteiger partial charge in [0.2, 0.25) is 0 Å². The predicted molar refractivity (Wildman–Crippen MR) is 80.8 cm³/mol. The molecular weight excluding hydrogens is 252 g/mol. The summed E-state index contributed by atoms with van der Waals surface area (Å²) in [4.78, 5) is 2.51. The summed E-state index contributed by atoms with van der Waals surface area (Å²) in [6, 6.07) is 6.32. The maximum absolute atomic E-state index is 5.78. The van der Waals surface area contributed by atoms with Crippen LogP contribution >= 0.6 is 0 Å². The third-order valence-corrected chi connectivity index (χ3v) is 3.98. The summed E-state index contributed by atoms with van der Waals surface area (Å²) in [5.41, 5.74) is 8.17. The van der Waals surface area contributed by atoms with Crippen LogP contribution in [0.15, 0.2) is 18.2 Å². The van der Waals surface area contributed by atoms with Crippen LogP contribution in [-0.4, -0.2) is 38.8 Å². The maximum Gasteiger partial charge on any atom is 0.123 e. The van der Waals surface area contributed by atoms with Crippen LogP contribution in [0.5, 0.6) is 5.75 Å². The SMILES string of the molecule is COCC1CCCN(Cc2ccc(OC)c(CN)c2)C1. The Kier molecular flexibility index (Phi) is 5.83. The average Bonchev–Trinajstić information content (AvgIpc) is 2.48.